The van der Waals surface area contributed by atoms with Crippen molar-refractivity contribution in [3.8, 4) is 0 Å². The van der Waals surface area contributed by atoms with Crippen molar-refractivity contribution < 1.29 is 5.11 Å². The highest BCUT2D eigenvalue weighted by Gasteiger charge is 2.02. The molecule has 1 atom stereocenters. The molecule has 0 radical (unpaired) electrons. The maximum absolute atomic E-state index is 8.78. The van der Waals surface area contributed by atoms with E-state index in [0.717, 1.165) is 6.42 Å². The second-order valence-corrected chi connectivity index (χ2v) is 1.76. The van der Waals surface area contributed by atoms with Crippen LogP contribution in [0, 0.1) is 5.41 Å². The summed E-state index contributed by atoms with van der Waals surface area (Å²) in [5, 5.41) is 15.5. The van der Waals surface area contributed by atoms with Crippen LogP contribution < -0.4 is 5.73 Å². The summed E-state index contributed by atoms with van der Waals surface area (Å²) in [6.07, 6.45) is 0.732. The Labute approximate surface area is 49.0 Å². The van der Waals surface area contributed by atoms with E-state index >= 15 is 0 Å². The minimum atomic E-state index is -0.722. The fourth-order valence-corrected chi connectivity index (χ4v) is 0.429. The second kappa shape index (κ2) is 3.43. The summed E-state index contributed by atoms with van der Waals surface area (Å²) in [6, 6.07) is 0. The number of hydrogen-bond acceptors (Lipinski definition) is 2. The molecule has 0 saturated carbocycles. The quantitative estimate of drug-likeness (QED) is 0.361. The van der Waals surface area contributed by atoms with Crippen molar-refractivity contribution in [2.45, 2.75) is 25.9 Å². The van der Waals surface area contributed by atoms with Crippen LogP contribution in [0.15, 0.2) is 0 Å². The molecule has 48 valence electrons. The Balaban J connectivity index is 3.32. The molecule has 0 bridgehead atoms. The molecule has 0 rings (SSSR count). The molecule has 4 N–H and O–H groups in total. The lowest BCUT2D eigenvalue weighted by atomic mass is 10.2. The molecule has 0 aromatic carbocycles. The van der Waals surface area contributed by atoms with Crippen LogP contribution in [-0.4, -0.2) is 17.0 Å². The molecule has 0 heterocycles. The van der Waals surface area contributed by atoms with E-state index in [1.807, 2.05) is 6.92 Å². The van der Waals surface area contributed by atoms with Gasteiger partial charge in [-0.05, 0) is 6.42 Å². The molecule has 0 aliphatic heterocycles. The van der Waals surface area contributed by atoms with Crippen LogP contribution >= 0.6 is 0 Å². The number of rotatable bonds is 3. The van der Waals surface area contributed by atoms with Crippen LogP contribution in [0.1, 0.15) is 19.8 Å². The van der Waals surface area contributed by atoms with Gasteiger partial charge in [0.25, 0.3) is 0 Å². The lowest BCUT2D eigenvalue weighted by Crippen LogP contribution is -2.26. The summed E-state index contributed by atoms with van der Waals surface area (Å²) in [6.45, 7) is 1.94. The first-order valence-electron chi connectivity index (χ1n) is 2.70. The van der Waals surface area contributed by atoms with E-state index in [0.29, 0.717) is 6.42 Å². The molecule has 0 aromatic rings. The molecular formula is C5H12N2O. The van der Waals surface area contributed by atoms with Gasteiger partial charge in [-0.25, -0.2) is 0 Å². The molecule has 3 nitrogen and oxygen atoms in total. The zero-order valence-electron chi connectivity index (χ0n) is 5.02. The number of aliphatic hydroxyl groups excluding tert-OH is 1. The zero-order valence-corrected chi connectivity index (χ0v) is 5.02. The van der Waals surface area contributed by atoms with E-state index in [9.17, 15) is 0 Å². The number of nitrogens with one attached hydrogen (secondary N) is 1. The summed E-state index contributed by atoms with van der Waals surface area (Å²) in [5.41, 5.74) is 4.96. The van der Waals surface area contributed by atoms with Crippen molar-refractivity contribution in [2.24, 2.45) is 5.73 Å². The van der Waals surface area contributed by atoms with E-state index in [2.05, 4.69) is 0 Å². The lowest BCUT2D eigenvalue weighted by molar-refractivity contribution is 0.227. The van der Waals surface area contributed by atoms with Crippen molar-refractivity contribution in [3.63, 3.8) is 0 Å². The lowest BCUT2D eigenvalue weighted by Gasteiger charge is -2.03. The number of nitrogens with two attached hydrogens (primary N) is 1. The molecule has 0 aliphatic rings. The number of aliphatic hydroxyl groups is 1. The Kier molecular flexibility index (Phi) is 3.19. The maximum atomic E-state index is 8.78. The van der Waals surface area contributed by atoms with Gasteiger partial charge in [0.2, 0.25) is 0 Å². The first kappa shape index (κ1) is 7.43. The van der Waals surface area contributed by atoms with Crippen molar-refractivity contribution in [1.29, 1.82) is 5.41 Å². The topological polar surface area (TPSA) is 70.1 Å². The van der Waals surface area contributed by atoms with Gasteiger partial charge in [-0.1, -0.05) is 13.3 Å². The van der Waals surface area contributed by atoms with Gasteiger partial charge in [0.05, 0.1) is 0 Å². The summed E-state index contributed by atoms with van der Waals surface area (Å²) in [4.78, 5) is 0. The number of amidine groups is 1. The summed E-state index contributed by atoms with van der Waals surface area (Å²) in [7, 11) is 0. The Bertz CT molecular complexity index is 82.5. The minimum absolute atomic E-state index is 0.133. The van der Waals surface area contributed by atoms with Crippen molar-refractivity contribution in [3.05, 3.63) is 0 Å². The van der Waals surface area contributed by atoms with Crippen LogP contribution in [0.3, 0.4) is 0 Å². The zero-order chi connectivity index (χ0) is 6.57. The fraction of sp³-hybridized carbons (Fsp3) is 0.800. The first-order valence-corrected chi connectivity index (χ1v) is 2.70. The van der Waals surface area contributed by atoms with Crippen molar-refractivity contribution in [2.75, 3.05) is 0 Å². The van der Waals surface area contributed by atoms with Gasteiger partial charge < -0.3 is 10.8 Å². The predicted molar refractivity (Wildman–Crippen MR) is 32.8 cm³/mol. The Morgan fingerprint density at radius 3 is 2.50 bits per heavy atom. The second-order valence-electron chi connectivity index (χ2n) is 1.76. The molecule has 1 unspecified atom stereocenters. The standard InChI is InChI=1S/C5H12N2O/c1-2-3-4(8)5(6)7/h4,8H,2-3H2,1H3,(H3,6,7). The highest BCUT2D eigenvalue weighted by Crippen LogP contribution is 1.93. The third-order valence-electron chi connectivity index (χ3n) is 0.921. The third kappa shape index (κ3) is 2.58. The van der Waals surface area contributed by atoms with E-state index in [1.165, 1.54) is 0 Å². The van der Waals surface area contributed by atoms with E-state index in [-0.39, 0.29) is 5.84 Å². The normalized spacial score (nSPS) is 13.2. The maximum Gasteiger partial charge on any atom is 0.120 e. The van der Waals surface area contributed by atoms with Crippen LogP contribution in [0.25, 0.3) is 0 Å². The largest absolute Gasteiger partial charge is 0.385 e. The highest BCUT2D eigenvalue weighted by molar-refractivity contribution is 5.81. The molecule has 0 aromatic heterocycles. The van der Waals surface area contributed by atoms with Gasteiger partial charge >= 0.3 is 0 Å². The highest BCUT2D eigenvalue weighted by atomic mass is 16.3. The SMILES string of the molecule is CCCC(O)C(=N)N. The third-order valence-corrected chi connectivity index (χ3v) is 0.921. The molecule has 0 saturated heterocycles. The summed E-state index contributed by atoms with van der Waals surface area (Å²) < 4.78 is 0. The Morgan fingerprint density at radius 2 is 2.38 bits per heavy atom. The van der Waals surface area contributed by atoms with E-state index < -0.39 is 6.10 Å². The van der Waals surface area contributed by atoms with Gasteiger partial charge in [0, 0.05) is 0 Å². The Hall–Kier alpha value is -0.570. The smallest absolute Gasteiger partial charge is 0.120 e. The molecule has 3 heteroatoms. The molecular weight excluding hydrogens is 104 g/mol. The fourth-order valence-electron chi connectivity index (χ4n) is 0.429. The van der Waals surface area contributed by atoms with Crippen LogP contribution in [-0.2, 0) is 0 Å². The summed E-state index contributed by atoms with van der Waals surface area (Å²) in [5.74, 6) is -0.133. The molecule has 0 amide bonds. The first-order chi connectivity index (χ1) is 3.68. The van der Waals surface area contributed by atoms with Gasteiger partial charge in [0.1, 0.15) is 11.9 Å². The molecule has 0 spiro atoms. The van der Waals surface area contributed by atoms with Crippen LogP contribution in [0.2, 0.25) is 0 Å². The van der Waals surface area contributed by atoms with E-state index in [1.54, 1.807) is 0 Å². The predicted octanol–water partition coefficient (Wildman–Crippen LogP) is 0.0834. The van der Waals surface area contributed by atoms with Gasteiger partial charge in [-0.15, -0.1) is 0 Å². The molecule has 0 fully saturated rings. The van der Waals surface area contributed by atoms with Crippen LogP contribution in [0.4, 0.5) is 0 Å². The summed E-state index contributed by atoms with van der Waals surface area (Å²) >= 11 is 0. The van der Waals surface area contributed by atoms with E-state index in [4.69, 9.17) is 16.2 Å². The average Bonchev–Trinajstić information content (AvgIpc) is 1.67. The number of hydrogen-bond donors (Lipinski definition) is 3. The Morgan fingerprint density at radius 1 is 1.88 bits per heavy atom. The minimum Gasteiger partial charge on any atom is -0.385 e. The van der Waals surface area contributed by atoms with Crippen molar-refractivity contribution >= 4 is 5.84 Å². The van der Waals surface area contributed by atoms with Gasteiger partial charge in [0.15, 0.2) is 0 Å². The molecule has 0 aliphatic carbocycles. The monoisotopic (exact) mass is 116 g/mol. The molecule has 8 heavy (non-hydrogen) atoms. The average molecular weight is 116 g/mol. The van der Waals surface area contributed by atoms with Crippen LogP contribution in [0.5, 0.6) is 0 Å². The van der Waals surface area contributed by atoms with Gasteiger partial charge in [-0.3, -0.25) is 5.41 Å². The van der Waals surface area contributed by atoms with Gasteiger partial charge in [-0.2, -0.15) is 0 Å². The van der Waals surface area contributed by atoms with Crippen molar-refractivity contribution in [1.82, 2.24) is 0 Å².